The van der Waals surface area contributed by atoms with E-state index in [2.05, 4.69) is 44.8 Å². The van der Waals surface area contributed by atoms with Gasteiger partial charge >= 0.3 is 5.97 Å². The summed E-state index contributed by atoms with van der Waals surface area (Å²) < 4.78 is 5.17. The van der Waals surface area contributed by atoms with Crippen LogP contribution in [0.4, 0.5) is 0 Å². The highest BCUT2D eigenvalue weighted by Crippen LogP contribution is 2.11. The number of ether oxygens (including phenoxy) is 1. The zero-order valence-electron chi connectivity index (χ0n) is 14.9. The van der Waals surface area contributed by atoms with E-state index in [1.807, 2.05) is 6.92 Å². The van der Waals surface area contributed by atoms with Gasteiger partial charge in [0, 0.05) is 19.1 Å². The minimum Gasteiger partial charge on any atom is -0.465 e. The van der Waals surface area contributed by atoms with Crippen LogP contribution in [-0.4, -0.2) is 49.2 Å². The average molecular weight is 300 g/mol. The summed E-state index contributed by atoms with van der Waals surface area (Å²) in [4.78, 5) is 14.5. The molecule has 1 N–H and O–H groups in total. The molecule has 0 saturated heterocycles. The molecule has 1 unspecified atom stereocenters. The van der Waals surface area contributed by atoms with Crippen LogP contribution in [-0.2, 0) is 9.53 Å². The van der Waals surface area contributed by atoms with E-state index in [4.69, 9.17) is 4.74 Å². The van der Waals surface area contributed by atoms with Crippen LogP contribution < -0.4 is 5.32 Å². The van der Waals surface area contributed by atoms with Crippen molar-refractivity contribution in [2.75, 3.05) is 26.2 Å². The lowest BCUT2D eigenvalue weighted by Crippen LogP contribution is -2.44. The molecule has 0 aromatic carbocycles. The second-order valence-electron chi connectivity index (χ2n) is 5.99. The highest BCUT2D eigenvalue weighted by molar-refractivity contribution is 5.75. The molecular formula is C17H36N2O2. The van der Waals surface area contributed by atoms with Crippen LogP contribution in [0.25, 0.3) is 0 Å². The van der Waals surface area contributed by atoms with Gasteiger partial charge in [0.2, 0.25) is 0 Å². The maximum atomic E-state index is 12.0. The molecule has 0 aliphatic carbocycles. The number of carbonyl (C=O) groups is 1. The minimum atomic E-state index is -0.194. The molecule has 21 heavy (non-hydrogen) atoms. The first-order valence-electron chi connectivity index (χ1n) is 8.63. The molecule has 0 fully saturated rings. The van der Waals surface area contributed by atoms with Crippen molar-refractivity contribution in [2.24, 2.45) is 5.92 Å². The molecule has 0 rings (SSSR count). The van der Waals surface area contributed by atoms with Crippen molar-refractivity contribution in [3.8, 4) is 0 Å². The van der Waals surface area contributed by atoms with E-state index < -0.39 is 0 Å². The van der Waals surface area contributed by atoms with Crippen LogP contribution >= 0.6 is 0 Å². The highest BCUT2D eigenvalue weighted by atomic mass is 16.5. The standard InChI is InChI=1S/C17H36N2O2/c1-7-15(8-2)13-19(9-3)12-11-16(18-14(5)6)17(20)21-10-4/h14-16,18H,7-13H2,1-6H3. The van der Waals surface area contributed by atoms with Crippen LogP contribution in [0, 0.1) is 5.92 Å². The molecule has 4 heteroatoms. The fraction of sp³-hybridized carbons (Fsp3) is 0.941. The molecule has 0 spiro atoms. The number of carbonyl (C=O) groups excluding carboxylic acids is 1. The fourth-order valence-electron chi connectivity index (χ4n) is 2.52. The molecule has 0 amide bonds. The lowest BCUT2D eigenvalue weighted by atomic mass is 10.0. The molecule has 0 bridgehead atoms. The Morgan fingerprint density at radius 1 is 1.14 bits per heavy atom. The molecule has 0 aromatic heterocycles. The number of hydrogen-bond donors (Lipinski definition) is 1. The topological polar surface area (TPSA) is 41.6 Å². The Labute approximate surface area is 131 Å². The van der Waals surface area contributed by atoms with Crippen LogP contribution in [0.3, 0.4) is 0 Å². The van der Waals surface area contributed by atoms with E-state index in [0.29, 0.717) is 6.61 Å². The van der Waals surface area contributed by atoms with Gasteiger partial charge in [-0.3, -0.25) is 4.79 Å². The molecular weight excluding hydrogens is 264 g/mol. The van der Waals surface area contributed by atoms with Gasteiger partial charge in [0.1, 0.15) is 6.04 Å². The third-order valence-corrected chi connectivity index (χ3v) is 3.96. The lowest BCUT2D eigenvalue weighted by Gasteiger charge is -2.27. The van der Waals surface area contributed by atoms with E-state index in [-0.39, 0.29) is 18.1 Å². The van der Waals surface area contributed by atoms with Crippen molar-refractivity contribution >= 4 is 5.97 Å². The Morgan fingerprint density at radius 3 is 2.19 bits per heavy atom. The Hall–Kier alpha value is -0.610. The van der Waals surface area contributed by atoms with E-state index in [1.165, 1.54) is 12.8 Å². The normalized spacial score (nSPS) is 13.2. The molecule has 0 saturated carbocycles. The maximum absolute atomic E-state index is 12.0. The van der Waals surface area contributed by atoms with Gasteiger partial charge in [-0.1, -0.05) is 47.5 Å². The largest absolute Gasteiger partial charge is 0.465 e. The van der Waals surface area contributed by atoms with Crippen molar-refractivity contribution in [1.82, 2.24) is 10.2 Å². The first-order chi connectivity index (χ1) is 9.98. The van der Waals surface area contributed by atoms with Gasteiger partial charge in [0.05, 0.1) is 6.61 Å². The molecule has 0 aliphatic rings. The Bertz CT molecular complexity index is 266. The summed E-state index contributed by atoms with van der Waals surface area (Å²) in [5.74, 6) is 0.633. The molecule has 1 atom stereocenters. The first kappa shape index (κ1) is 20.4. The second kappa shape index (κ2) is 12.0. The number of esters is 1. The van der Waals surface area contributed by atoms with Crippen LogP contribution in [0.5, 0.6) is 0 Å². The van der Waals surface area contributed by atoms with E-state index >= 15 is 0 Å². The van der Waals surface area contributed by atoms with Gasteiger partial charge in [0.15, 0.2) is 0 Å². The SMILES string of the molecule is CCOC(=O)C(CCN(CC)CC(CC)CC)NC(C)C. The average Bonchev–Trinajstić information content (AvgIpc) is 2.46. The molecule has 0 heterocycles. The van der Waals surface area contributed by atoms with E-state index in [0.717, 1.165) is 32.0 Å². The molecule has 0 radical (unpaired) electrons. The van der Waals surface area contributed by atoms with Gasteiger partial charge in [-0.25, -0.2) is 0 Å². The van der Waals surface area contributed by atoms with E-state index in [9.17, 15) is 4.79 Å². The molecule has 4 nitrogen and oxygen atoms in total. The summed E-state index contributed by atoms with van der Waals surface area (Å²) >= 11 is 0. The van der Waals surface area contributed by atoms with Gasteiger partial charge in [-0.05, 0) is 25.8 Å². The van der Waals surface area contributed by atoms with Crippen molar-refractivity contribution in [1.29, 1.82) is 0 Å². The first-order valence-corrected chi connectivity index (χ1v) is 8.63. The quantitative estimate of drug-likeness (QED) is 0.562. The Kier molecular flexibility index (Phi) is 11.6. The molecule has 0 aliphatic heterocycles. The third kappa shape index (κ3) is 9.10. The minimum absolute atomic E-state index is 0.121. The summed E-state index contributed by atoms with van der Waals surface area (Å²) in [6.07, 6.45) is 3.25. The van der Waals surface area contributed by atoms with E-state index in [1.54, 1.807) is 0 Å². The van der Waals surface area contributed by atoms with Gasteiger partial charge in [-0.15, -0.1) is 0 Å². The summed E-state index contributed by atoms with van der Waals surface area (Å²) in [5, 5.41) is 3.32. The number of nitrogens with zero attached hydrogens (tertiary/aromatic N) is 1. The fourth-order valence-corrected chi connectivity index (χ4v) is 2.52. The third-order valence-electron chi connectivity index (χ3n) is 3.96. The number of rotatable bonds is 12. The molecule has 126 valence electrons. The predicted octanol–water partition coefficient (Wildman–Crippen LogP) is 3.06. The smallest absolute Gasteiger partial charge is 0.323 e. The number of hydrogen-bond acceptors (Lipinski definition) is 4. The zero-order valence-corrected chi connectivity index (χ0v) is 14.9. The highest BCUT2D eigenvalue weighted by Gasteiger charge is 2.21. The monoisotopic (exact) mass is 300 g/mol. The van der Waals surface area contributed by atoms with Gasteiger partial charge in [-0.2, -0.15) is 0 Å². The van der Waals surface area contributed by atoms with Crippen LogP contribution in [0.1, 0.15) is 60.8 Å². The van der Waals surface area contributed by atoms with Gasteiger partial charge in [0.25, 0.3) is 0 Å². The predicted molar refractivity (Wildman–Crippen MR) is 89.5 cm³/mol. The molecule has 0 aromatic rings. The van der Waals surface area contributed by atoms with Crippen LogP contribution in [0.15, 0.2) is 0 Å². The Morgan fingerprint density at radius 2 is 1.76 bits per heavy atom. The Balaban J connectivity index is 4.44. The number of nitrogens with one attached hydrogen (secondary N) is 1. The zero-order chi connectivity index (χ0) is 16.3. The van der Waals surface area contributed by atoms with Crippen molar-refractivity contribution in [3.05, 3.63) is 0 Å². The van der Waals surface area contributed by atoms with Gasteiger partial charge < -0.3 is 15.0 Å². The van der Waals surface area contributed by atoms with Crippen molar-refractivity contribution < 1.29 is 9.53 Å². The van der Waals surface area contributed by atoms with Crippen molar-refractivity contribution in [3.63, 3.8) is 0 Å². The summed E-state index contributed by atoms with van der Waals surface area (Å²) in [7, 11) is 0. The summed E-state index contributed by atoms with van der Waals surface area (Å²) in [5.41, 5.74) is 0. The van der Waals surface area contributed by atoms with Crippen LogP contribution in [0.2, 0.25) is 0 Å². The van der Waals surface area contributed by atoms with Crippen molar-refractivity contribution in [2.45, 2.75) is 72.9 Å². The lowest BCUT2D eigenvalue weighted by molar-refractivity contribution is -0.146. The summed E-state index contributed by atoms with van der Waals surface area (Å²) in [6.45, 7) is 16.2. The summed E-state index contributed by atoms with van der Waals surface area (Å²) in [6, 6.07) is 0.0919. The maximum Gasteiger partial charge on any atom is 0.323 e. The second-order valence-corrected chi connectivity index (χ2v) is 5.99.